The van der Waals surface area contributed by atoms with Gasteiger partial charge in [-0.25, -0.2) is 21.6 Å². The maximum Gasteiger partial charge on any atom is 0.243 e. The maximum absolute atomic E-state index is 13.6. The summed E-state index contributed by atoms with van der Waals surface area (Å²) >= 11 is 0. The lowest BCUT2D eigenvalue weighted by atomic mass is 9.88. The summed E-state index contributed by atoms with van der Waals surface area (Å²) in [6, 6.07) is 22.1. The van der Waals surface area contributed by atoms with E-state index in [2.05, 4.69) is 10.0 Å². The molecule has 5 rings (SSSR count). The van der Waals surface area contributed by atoms with E-state index in [1.807, 2.05) is 24.3 Å². The summed E-state index contributed by atoms with van der Waals surface area (Å²) in [6.07, 6.45) is 0.985. The molecule has 2 unspecified atom stereocenters. The molecule has 12 nitrogen and oxygen atoms in total. The number of aliphatic hydroxyl groups excluding tert-OH is 1. The molecule has 252 valence electrons. The monoisotopic (exact) mass is 684 g/mol. The Morgan fingerprint density at radius 3 is 2.43 bits per heavy atom. The van der Waals surface area contributed by atoms with E-state index in [4.69, 9.17) is 19.5 Å². The van der Waals surface area contributed by atoms with Crippen LogP contribution in [0.4, 0.5) is 0 Å². The van der Waals surface area contributed by atoms with Crippen LogP contribution in [0.25, 0.3) is 11.1 Å². The number of piperidine rings is 1. The smallest absolute Gasteiger partial charge is 0.243 e. The number of rotatable bonds is 14. The van der Waals surface area contributed by atoms with Gasteiger partial charge >= 0.3 is 0 Å². The van der Waals surface area contributed by atoms with Gasteiger partial charge in [-0.1, -0.05) is 37.3 Å². The number of hydrogen-bond donors (Lipinski definition) is 3. The molecule has 3 aromatic rings. The third kappa shape index (κ3) is 8.68. The molecule has 2 heterocycles. The lowest BCUT2D eigenvalue weighted by Gasteiger charge is -2.38. The van der Waals surface area contributed by atoms with Crippen LogP contribution in [0.1, 0.15) is 26.2 Å². The first kappa shape index (κ1) is 34.8. The number of nitrogens with one attached hydrogen (secondary N) is 2. The normalized spacial score (nSPS) is 18.9. The van der Waals surface area contributed by atoms with Crippen molar-refractivity contribution in [1.82, 2.24) is 14.3 Å². The second-order valence-corrected chi connectivity index (χ2v) is 15.4. The van der Waals surface area contributed by atoms with Gasteiger partial charge in [0.2, 0.25) is 20.0 Å². The minimum absolute atomic E-state index is 0.00484. The lowest BCUT2D eigenvalue weighted by molar-refractivity contribution is -0.0312. The van der Waals surface area contributed by atoms with Gasteiger partial charge in [-0.3, -0.25) is 0 Å². The fourth-order valence-corrected chi connectivity index (χ4v) is 8.42. The van der Waals surface area contributed by atoms with Crippen molar-refractivity contribution in [1.29, 1.82) is 5.26 Å². The second kappa shape index (κ2) is 15.1. The van der Waals surface area contributed by atoms with Gasteiger partial charge in [-0.15, -0.1) is 0 Å². The van der Waals surface area contributed by atoms with Crippen molar-refractivity contribution in [2.45, 2.75) is 53.7 Å². The predicted molar refractivity (Wildman–Crippen MR) is 175 cm³/mol. The molecule has 0 aliphatic carbocycles. The Hall–Kier alpha value is -3.55. The quantitative estimate of drug-likeness (QED) is 0.230. The molecule has 47 heavy (non-hydrogen) atoms. The molecule has 3 aromatic carbocycles. The minimum atomic E-state index is -3.72. The molecule has 2 atom stereocenters. The lowest BCUT2D eigenvalue weighted by Crippen LogP contribution is -2.47. The summed E-state index contributed by atoms with van der Waals surface area (Å²) in [4.78, 5) is 0.321. The van der Waals surface area contributed by atoms with Gasteiger partial charge in [-0.2, -0.15) is 9.57 Å². The average molecular weight is 685 g/mol. The summed E-state index contributed by atoms with van der Waals surface area (Å²) in [5, 5.41) is 22.5. The van der Waals surface area contributed by atoms with Gasteiger partial charge in [-0.05, 0) is 66.8 Å². The van der Waals surface area contributed by atoms with Crippen LogP contribution in [-0.4, -0.2) is 90.0 Å². The maximum atomic E-state index is 13.6. The first-order valence-corrected chi connectivity index (χ1v) is 18.4. The van der Waals surface area contributed by atoms with Crippen molar-refractivity contribution < 1.29 is 36.2 Å². The van der Waals surface area contributed by atoms with Gasteiger partial charge in [0.1, 0.15) is 30.3 Å². The Morgan fingerprint density at radius 1 is 0.979 bits per heavy atom. The molecular weight excluding hydrogens is 645 g/mol. The van der Waals surface area contributed by atoms with E-state index in [9.17, 15) is 21.9 Å². The van der Waals surface area contributed by atoms with E-state index >= 15 is 0 Å². The molecule has 0 radical (unpaired) electrons. The zero-order valence-corrected chi connectivity index (χ0v) is 27.8. The Bertz CT molecular complexity index is 1770. The first-order valence-electron chi connectivity index (χ1n) is 15.5. The molecule has 2 saturated heterocycles. The van der Waals surface area contributed by atoms with E-state index in [1.165, 1.54) is 16.4 Å². The standard InChI is InChI=1S/C33H40N4O8S2/c1-2-36-46(39,40)31-7-4-6-30(20-31)44-24-28(38)22-35-27-21-33(45-23-27)13-16-37(17-14-33)47(41,42)32-8-3-5-26(19-32)25-9-11-29(12-10-25)43-18-15-34/h3-12,19-20,27-28,35-36,38H,2,13-14,16-18,21-24H2,1H3. The number of aliphatic hydroxyl groups is 1. The highest BCUT2D eigenvalue weighted by Crippen LogP contribution is 2.38. The number of nitrogens with zero attached hydrogens (tertiary/aromatic N) is 2. The Kier molecular flexibility index (Phi) is 11.2. The van der Waals surface area contributed by atoms with Crippen molar-refractivity contribution in [3.63, 3.8) is 0 Å². The molecular formula is C33H40N4O8S2. The first-order chi connectivity index (χ1) is 22.5. The van der Waals surface area contributed by atoms with Crippen molar-refractivity contribution >= 4 is 20.0 Å². The average Bonchev–Trinajstić information content (AvgIpc) is 3.48. The second-order valence-electron chi connectivity index (χ2n) is 11.6. The van der Waals surface area contributed by atoms with Crippen LogP contribution in [0.2, 0.25) is 0 Å². The van der Waals surface area contributed by atoms with E-state index in [1.54, 1.807) is 49.4 Å². The van der Waals surface area contributed by atoms with Gasteiger partial charge in [0, 0.05) is 38.3 Å². The molecule has 0 bridgehead atoms. The van der Waals surface area contributed by atoms with Gasteiger partial charge < -0.3 is 24.6 Å². The van der Waals surface area contributed by atoms with Crippen molar-refractivity contribution in [2.24, 2.45) is 0 Å². The van der Waals surface area contributed by atoms with Crippen molar-refractivity contribution in [2.75, 3.05) is 46.0 Å². The Morgan fingerprint density at radius 2 is 1.70 bits per heavy atom. The largest absolute Gasteiger partial charge is 0.491 e. The van der Waals surface area contributed by atoms with Gasteiger partial charge in [0.05, 0.1) is 22.0 Å². The van der Waals surface area contributed by atoms with Crippen LogP contribution >= 0.6 is 0 Å². The highest BCUT2D eigenvalue weighted by molar-refractivity contribution is 7.89. The molecule has 2 fully saturated rings. The molecule has 14 heteroatoms. The molecule has 2 aliphatic heterocycles. The number of sulfonamides is 2. The summed E-state index contributed by atoms with van der Waals surface area (Å²) in [5.41, 5.74) is 1.17. The molecule has 3 N–H and O–H groups in total. The number of nitriles is 1. The van der Waals surface area contributed by atoms with Crippen LogP contribution in [0, 0.1) is 11.3 Å². The van der Waals surface area contributed by atoms with E-state index in [-0.39, 0.29) is 42.1 Å². The van der Waals surface area contributed by atoms with Crippen molar-refractivity contribution in [3.05, 3.63) is 72.8 Å². The molecule has 0 saturated carbocycles. The van der Waals surface area contributed by atoms with Crippen LogP contribution in [0.15, 0.2) is 82.6 Å². The predicted octanol–water partition coefficient (Wildman–Crippen LogP) is 2.90. The van der Waals surface area contributed by atoms with E-state index < -0.39 is 31.8 Å². The SMILES string of the molecule is CCNS(=O)(=O)c1cccc(OCC(O)CNC2COC3(CCN(S(=O)(=O)c4cccc(-c5ccc(OCC#N)cc5)c4)CC3)C2)c1. The van der Waals surface area contributed by atoms with Crippen LogP contribution in [-0.2, 0) is 24.8 Å². The Labute approximate surface area is 276 Å². The summed E-state index contributed by atoms with van der Waals surface area (Å²) in [7, 11) is -7.33. The minimum Gasteiger partial charge on any atom is -0.491 e. The molecule has 0 aromatic heterocycles. The number of ether oxygens (including phenoxy) is 3. The van der Waals surface area contributed by atoms with Crippen LogP contribution in [0.5, 0.6) is 11.5 Å². The van der Waals surface area contributed by atoms with Crippen molar-refractivity contribution in [3.8, 4) is 28.7 Å². The summed E-state index contributed by atoms with van der Waals surface area (Å²) < 4.78 is 72.8. The molecule has 0 amide bonds. The van der Waals surface area contributed by atoms with Crippen LogP contribution < -0.4 is 19.5 Å². The number of hydrogen-bond acceptors (Lipinski definition) is 10. The zero-order chi connectivity index (χ0) is 33.5. The number of benzene rings is 3. The summed E-state index contributed by atoms with van der Waals surface area (Å²) in [5.74, 6) is 0.910. The van der Waals surface area contributed by atoms with Crippen LogP contribution in [0.3, 0.4) is 0 Å². The van der Waals surface area contributed by atoms with Gasteiger partial charge in [0.25, 0.3) is 0 Å². The third-order valence-corrected chi connectivity index (χ3v) is 11.8. The Balaban J connectivity index is 1.09. The highest BCUT2D eigenvalue weighted by Gasteiger charge is 2.44. The molecule has 1 spiro atoms. The van der Waals surface area contributed by atoms with E-state index in [0.29, 0.717) is 50.5 Å². The fourth-order valence-electron chi connectivity index (χ4n) is 5.86. The topological polar surface area (TPSA) is 167 Å². The zero-order valence-electron chi connectivity index (χ0n) is 26.2. The highest BCUT2D eigenvalue weighted by atomic mass is 32.2. The van der Waals surface area contributed by atoms with E-state index in [0.717, 1.165) is 11.1 Å². The third-order valence-electron chi connectivity index (χ3n) is 8.34. The molecule has 2 aliphatic rings. The summed E-state index contributed by atoms with van der Waals surface area (Å²) in [6.45, 7) is 3.29. The fraction of sp³-hybridized carbons (Fsp3) is 0.424. The van der Waals surface area contributed by atoms with Gasteiger partial charge in [0.15, 0.2) is 6.61 Å².